The molecule has 0 amide bonds. The number of aromatic nitrogens is 4. The number of H-pyrrole nitrogens is 1. The van der Waals surface area contributed by atoms with Crippen molar-refractivity contribution in [1.29, 1.82) is 0 Å². The van der Waals surface area contributed by atoms with Crippen molar-refractivity contribution in [3.8, 4) is 5.75 Å². The molecule has 3 aromatic rings. The lowest BCUT2D eigenvalue weighted by Crippen LogP contribution is -2.25. The fourth-order valence-electron chi connectivity index (χ4n) is 5.14. The van der Waals surface area contributed by atoms with Gasteiger partial charge in [0.2, 0.25) is 5.95 Å². The summed E-state index contributed by atoms with van der Waals surface area (Å²) in [6.07, 6.45) is 7.27. The number of benzene rings is 1. The first-order valence-corrected chi connectivity index (χ1v) is 16.9. The smallest absolute Gasteiger partial charge is 0.380 e. The minimum Gasteiger partial charge on any atom is -0.465 e. The highest BCUT2D eigenvalue weighted by Gasteiger charge is 2.52. The van der Waals surface area contributed by atoms with Crippen molar-refractivity contribution in [2.24, 2.45) is 17.3 Å². The van der Waals surface area contributed by atoms with Crippen LogP contribution in [0.5, 0.6) is 5.75 Å². The molecule has 0 spiro atoms. The molecule has 13 nitrogen and oxygen atoms in total. The van der Waals surface area contributed by atoms with Crippen molar-refractivity contribution >= 4 is 42.8 Å². The number of nitrogens with zero attached hydrogens (tertiary/aromatic N) is 3. The first kappa shape index (κ1) is 33.9. The molecule has 0 unspecified atom stereocenters. The molecule has 1 aliphatic carbocycles. The zero-order valence-corrected chi connectivity index (χ0v) is 27.1. The third-order valence-electron chi connectivity index (χ3n) is 7.66. The van der Waals surface area contributed by atoms with Crippen molar-refractivity contribution in [2.45, 2.75) is 59.8 Å². The Hall–Kier alpha value is -3.96. The number of nitrogens with one attached hydrogen (secondary N) is 1. The fraction of sp³-hybridized carbons (Fsp3) is 0.516. The molecule has 45 heavy (non-hydrogen) atoms. The van der Waals surface area contributed by atoms with Crippen LogP contribution in [0.3, 0.4) is 0 Å². The topological polar surface area (TPSA) is 178 Å². The van der Waals surface area contributed by atoms with E-state index in [1.807, 2.05) is 0 Å². The Morgan fingerprint density at radius 3 is 2.53 bits per heavy atom. The predicted octanol–water partition coefficient (Wildman–Crippen LogP) is 5.18. The quantitative estimate of drug-likeness (QED) is 0.146. The number of nitrogens with two attached hydrogens (primary N) is 1. The lowest BCUT2D eigenvalue weighted by molar-refractivity contribution is -0.149. The van der Waals surface area contributed by atoms with Crippen LogP contribution in [0.1, 0.15) is 59.8 Å². The van der Waals surface area contributed by atoms with Crippen molar-refractivity contribution in [3.63, 3.8) is 0 Å². The number of aromatic amines is 1. The summed E-state index contributed by atoms with van der Waals surface area (Å²) in [6, 6.07) is 8.59. The molecule has 1 aliphatic rings. The molecule has 1 aromatic carbocycles. The molecule has 2 aromatic heterocycles. The summed E-state index contributed by atoms with van der Waals surface area (Å²) in [4.78, 5) is 47.7. The minimum absolute atomic E-state index is 0.0455. The Morgan fingerprint density at radius 2 is 1.87 bits per heavy atom. The van der Waals surface area contributed by atoms with Gasteiger partial charge < -0.3 is 19.7 Å². The van der Waals surface area contributed by atoms with Crippen LogP contribution in [0, 0.1) is 17.3 Å². The van der Waals surface area contributed by atoms with E-state index in [0.29, 0.717) is 18.8 Å². The van der Waals surface area contributed by atoms with Gasteiger partial charge in [0.05, 0.1) is 30.7 Å². The Balaban J connectivity index is 1.54. The highest BCUT2D eigenvalue weighted by molar-refractivity contribution is 7.54. The van der Waals surface area contributed by atoms with E-state index in [0.717, 1.165) is 31.3 Å². The molecule has 3 atom stereocenters. The Bertz CT molecular complexity index is 1610. The maximum Gasteiger partial charge on any atom is 0.380 e. The number of carbonyl (C=O) groups excluding carboxylic acids is 2. The molecule has 1 fully saturated rings. The van der Waals surface area contributed by atoms with Gasteiger partial charge in [0.25, 0.3) is 5.56 Å². The van der Waals surface area contributed by atoms with Crippen LogP contribution in [0.15, 0.2) is 47.0 Å². The maximum atomic E-state index is 14.3. The van der Waals surface area contributed by atoms with Gasteiger partial charge in [-0.2, -0.15) is 4.98 Å². The molecule has 0 saturated heterocycles. The third kappa shape index (κ3) is 9.04. The molecule has 3 N–H and O–H groups in total. The van der Waals surface area contributed by atoms with Crippen molar-refractivity contribution in [1.82, 2.24) is 19.5 Å². The molecule has 0 radical (unpaired) electrons. The number of esters is 2. The van der Waals surface area contributed by atoms with Gasteiger partial charge in [-0.05, 0) is 42.9 Å². The zero-order chi connectivity index (χ0) is 32.6. The molecule has 0 aliphatic heterocycles. The standard InChI is InChI=1S/C31H42N5O8P/c1-5-10-23(11-6-2)16-41-29(39)21(3)17-45(40,44-25-12-8-7-9-13-25)43-19-31(18-42-22(4)37)14-24(31)15-36-20-33-26-27(36)34-30(32)35-28(26)38/h7-9,12-13,15,20-21,23H,5-6,10-11,14,16-19H2,1-4H3,(H3,32,34,35,38)/b24-15-/t21-,31-,45+/m1/s1. The first-order valence-electron chi connectivity index (χ1n) is 15.2. The molecular weight excluding hydrogens is 601 g/mol. The summed E-state index contributed by atoms with van der Waals surface area (Å²) in [5.41, 5.74) is 5.57. The van der Waals surface area contributed by atoms with Gasteiger partial charge in [-0.15, -0.1) is 0 Å². The monoisotopic (exact) mass is 643 g/mol. The number of fused-ring (bicyclic) bond motifs is 1. The van der Waals surface area contributed by atoms with Gasteiger partial charge in [0.1, 0.15) is 18.7 Å². The molecule has 244 valence electrons. The van der Waals surface area contributed by atoms with Gasteiger partial charge in [-0.25, -0.2) is 9.55 Å². The molecule has 2 heterocycles. The van der Waals surface area contributed by atoms with Crippen LogP contribution in [0.25, 0.3) is 17.4 Å². The van der Waals surface area contributed by atoms with Gasteiger partial charge in [0, 0.05) is 13.1 Å². The van der Waals surface area contributed by atoms with Gasteiger partial charge in [0.15, 0.2) is 11.2 Å². The summed E-state index contributed by atoms with van der Waals surface area (Å²) in [7, 11) is -3.94. The van der Waals surface area contributed by atoms with E-state index in [9.17, 15) is 18.9 Å². The first-order chi connectivity index (χ1) is 21.5. The number of hydrogen-bond donors (Lipinski definition) is 2. The lowest BCUT2D eigenvalue weighted by atomic mass is 9.99. The molecular formula is C31H42N5O8P. The Morgan fingerprint density at radius 1 is 1.16 bits per heavy atom. The molecule has 14 heteroatoms. The second-order valence-electron chi connectivity index (χ2n) is 11.6. The van der Waals surface area contributed by atoms with Crippen LogP contribution < -0.4 is 15.8 Å². The minimum atomic E-state index is -3.94. The van der Waals surface area contributed by atoms with Crippen molar-refractivity contribution in [2.75, 3.05) is 31.7 Å². The van der Waals surface area contributed by atoms with Gasteiger partial charge in [-0.1, -0.05) is 51.8 Å². The number of imidazole rings is 1. The molecule has 1 saturated carbocycles. The fourth-order valence-corrected chi connectivity index (χ4v) is 7.08. The molecule has 0 bridgehead atoms. The van der Waals surface area contributed by atoms with E-state index in [1.165, 1.54) is 13.3 Å². The lowest BCUT2D eigenvalue weighted by Gasteiger charge is -2.24. The van der Waals surface area contributed by atoms with E-state index >= 15 is 0 Å². The largest absolute Gasteiger partial charge is 0.465 e. The maximum absolute atomic E-state index is 14.3. The van der Waals surface area contributed by atoms with E-state index in [2.05, 4.69) is 28.8 Å². The highest BCUT2D eigenvalue weighted by Crippen LogP contribution is 2.58. The normalized spacial score (nSPS) is 18.9. The second-order valence-corrected chi connectivity index (χ2v) is 13.6. The SMILES string of the molecule is CCCC(CCC)COC(=O)[C@H](C)C[P@](=O)(OC[C@]1(COC(C)=O)C/C1=C/n1cnc2c(=O)[nH]c(N)nc21)Oc1ccccc1. The van der Waals surface area contributed by atoms with E-state index in [1.54, 1.807) is 48.0 Å². The van der Waals surface area contributed by atoms with E-state index in [4.69, 9.17) is 24.3 Å². The van der Waals surface area contributed by atoms with Gasteiger partial charge >= 0.3 is 19.5 Å². The number of rotatable bonds is 17. The number of nitrogen functional groups attached to an aromatic ring is 1. The summed E-state index contributed by atoms with van der Waals surface area (Å²) >= 11 is 0. The average molecular weight is 644 g/mol. The van der Waals surface area contributed by atoms with Crippen LogP contribution in [-0.2, 0) is 28.2 Å². The average Bonchev–Trinajstić information content (AvgIpc) is 3.53. The van der Waals surface area contributed by atoms with Crippen molar-refractivity contribution in [3.05, 3.63) is 52.6 Å². The number of carbonyl (C=O) groups is 2. The zero-order valence-electron chi connectivity index (χ0n) is 26.2. The van der Waals surface area contributed by atoms with E-state index < -0.39 is 36.4 Å². The van der Waals surface area contributed by atoms with Gasteiger partial charge in [-0.3, -0.25) is 28.5 Å². The Kier molecular flexibility index (Phi) is 11.2. The number of ether oxygens (including phenoxy) is 2. The van der Waals surface area contributed by atoms with Crippen LogP contribution in [0.4, 0.5) is 5.95 Å². The van der Waals surface area contributed by atoms with Crippen molar-refractivity contribution < 1.29 is 32.7 Å². The summed E-state index contributed by atoms with van der Waals surface area (Å²) in [6.45, 7) is 7.27. The van der Waals surface area contributed by atoms with Crippen LogP contribution >= 0.6 is 7.60 Å². The third-order valence-corrected chi connectivity index (χ3v) is 9.67. The van der Waals surface area contributed by atoms with Crippen LogP contribution in [-0.4, -0.2) is 57.4 Å². The number of hydrogen-bond acceptors (Lipinski definition) is 11. The highest BCUT2D eigenvalue weighted by atomic mass is 31.2. The van der Waals surface area contributed by atoms with E-state index in [-0.39, 0.29) is 42.4 Å². The summed E-state index contributed by atoms with van der Waals surface area (Å²) in [5.74, 6) is -1.18. The summed E-state index contributed by atoms with van der Waals surface area (Å²) < 4.78 is 38.8. The predicted molar refractivity (Wildman–Crippen MR) is 169 cm³/mol. The summed E-state index contributed by atoms with van der Waals surface area (Å²) in [5, 5.41) is 0. The molecule has 4 rings (SSSR count). The Labute approximate surface area is 262 Å². The second kappa shape index (κ2) is 14.9. The van der Waals surface area contributed by atoms with Crippen LogP contribution in [0.2, 0.25) is 0 Å². The number of para-hydroxylation sites is 1. The number of anilines is 1.